The molecule has 1 aliphatic heterocycles. The Balaban J connectivity index is 1.38. The number of allylic oxidation sites excluding steroid dienone is 10. The van der Waals surface area contributed by atoms with E-state index >= 15 is 0 Å². The molecule has 2 aliphatic carbocycles. The van der Waals surface area contributed by atoms with Gasteiger partial charge in [-0.2, -0.15) is 0 Å². The van der Waals surface area contributed by atoms with Crippen LogP contribution in [0.5, 0.6) is 0 Å². The van der Waals surface area contributed by atoms with Crippen molar-refractivity contribution in [2.45, 2.75) is 78.1 Å². The van der Waals surface area contributed by atoms with Crippen molar-refractivity contribution in [1.82, 2.24) is 0 Å². The molecule has 50 heavy (non-hydrogen) atoms. The fourth-order valence-electron chi connectivity index (χ4n) is 8.17. The molecule has 254 valence electrons. The van der Waals surface area contributed by atoms with Gasteiger partial charge in [0.2, 0.25) is 0 Å². The SMILES string of the molecule is C=C1\C=C/C=C(/C(C)=C/c2c(C(C)C3=C/C(=C)c4ccccc4NC/C=C\3)sc3ccc(-c4cccc5c4CCCC5)cc23)C(C)CCCC1. The zero-order valence-corrected chi connectivity index (χ0v) is 31.0. The average molecular weight is 674 g/mol. The predicted molar refractivity (Wildman–Crippen MR) is 221 cm³/mol. The van der Waals surface area contributed by atoms with E-state index in [1.165, 1.54) is 104 Å². The van der Waals surface area contributed by atoms with Crippen LogP contribution in [0.2, 0.25) is 0 Å². The van der Waals surface area contributed by atoms with E-state index in [4.69, 9.17) is 0 Å². The van der Waals surface area contributed by atoms with Gasteiger partial charge in [-0.1, -0.05) is 118 Å². The van der Waals surface area contributed by atoms with Crippen molar-refractivity contribution < 1.29 is 0 Å². The molecule has 0 fully saturated rings. The molecule has 0 bridgehead atoms. The van der Waals surface area contributed by atoms with Crippen molar-refractivity contribution >= 4 is 38.8 Å². The molecule has 0 spiro atoms. The largest absolute Gasteiger partial charge is 0.381 e. The first-order valence-electron chi connectivity index (χ1n) is 18.7. The van der Waals surface area contributed by atoms with Gasteiger partial charge in [0.15, 0.2) is 0 Å². The number of hydrogen-bond acceptors (Lipinski definition) is 2. The molecule has 7 rings (SSSR count). The van der Waals surface area contributed by atoms with Crippen LogP contribution in [0.1, 0.15) is 92.3 Å². The second-order valence-corrected chi connectivity index (χ2v) is 15.7. The highest BCUT2D eigenvalue weighted by atomic mass is 32.1. The molecule has 4 aromatic rings. The zero-order chi connectivity index (χ0) is 34.6. The summed E-state index contributed by atoms with van der Waals surface area (Å²) < 4.78 is 1.35. The van der Waals surface area contributed by atoms with Gasteiger partial charge in [0.05, 0.1) is 0 Å². The normalized spacial score (nSPS) is 22.7. The molecule has 0 amide bonds. The van der Waals surface area contributed by atoms with E-state index in [0.29, 0.717) is 5.92 Å². The molecule has 2 heteroatoms. The van der Waals surface area contributed by atoms with Crippen molar-refractivity contribution in [2.24, 2.45) is 5.92 Å². The summed E-state index contributed by atoms with van der Waals surface area (Å²) >= 11 is 1.96. The van der Waals surface area contributed by atoms with Crippen LogP contribution in [0.15, 0.2) is 133 Å². The second-order valence-electron chi connectivity index (χ2n) is 14.6. The summed E-state index contributed by atoms with van der Waals surface area (Å²) in [6, 6.07) is 22.7. The van der Waals surface area contributed by atoms with Gasteiger partial charge in [-0.15, -0.1) is 11.3 Å². The Hall–Kier alpha value is -4.40. The molecule has 1 nitrogen and oxygen atoms in total. The number of thiophene rings is 1. The Morgan fingerprint density at radius 3 is 2.64 bits per heavy atom. The Bertz CT molecular complexity index is 2090. The molecule has 0 radical (unpaired) electrons. The van der Waals surface area contributed by atoms with Gasteiger partial charge in [-0.3, -0.25) is 0 Å². The van der Waals surface area contributed by atoms with Gasteiger partial charge in [-0.05, 0) is 132 Å². The number of aryl methyl sites for hydroxylation is 1. The van der Waals surface area contributed by atoms with E-state index in [1.807, 2.05) is 11.3 Å². The van der Waals surface area contributed by atoms with Crippen LogP contribution in [-0.2, 0) is 12.8 Å². The van der Waals surface area contributed by atoms with Gasteiger partial charge in [0.1, 0.15) is 0 Å². The molecule has 2 atom stereocenters. The first-order valence-corrected chi connectivity index (χ1v) is 19.5. The monoisotopic (exact) mass is 673 g/mol. The maximum Gasteiger partial charge on any atom is 0.0422 e. The van der Waals surface area contributed by atoms with Gasteiger partial charge >= 0.3 is 0 Å². The molecule has 0 saturated heterocycles. The van der Waals surface area contributed by atoms with Crippen LogP contribution in [0.25, 0.3) is 32.9 Å². The van der Waals surface area contributed by atoms with Gasteiger partial charge in [0, 0.05) is 38.7 Å². The summed E-state index contributed by atoms with van der Waals surface area (Å²) in [5.74, 6) is 0.687. The summed E-state index contributed by atoms with van der Waals surface area (Å²) in [5, 5.41) is 4.95. The lowest BCUT2D eigenvalue weighted by Crippen LogP contribution is -2.04. The number of nitrogens with one attached hydrogen (secondary N) is 1. The maximum absolute atomic E-state index is 4.55. The van der Waals surface area contributed by atoms with Crippen LogP contribution in [0, 0.1) is 5.92 Å². The highest BCUT2D eigenvalue weighted by molar-refractivity contribution is 7.19. The number of rotatable bonds is 5. The third-order valence-electron chi connectivity index (χ3n) is 11.0. The van der Waals surface area contributed by atoms with Gasteiger partial charge < -0.3 is 5.32 Å². The van der Waals surface area contributed by atoms with E-state index in [9.17, 15) is 0 Å². The van der Waals surface area contributed by atoms with E-state index < -0.39 is 0 Å². The molecule has 3 aliphatic rings. The minimum atomic E-state index is 0.191. The fourth-order valence-corrected chi connectivity index (χ4v) is 9.41. The molecule has 2 heterocycles. The smallest absolute Gasteiger partial charge is 0.0422 e. The Morgan fingerprint density at radius 2 is 1.74 bits per heavy atom. The van der Waals surface area contributed by atoms with Crippen LogP contribution >= 0.6 is 11.3 Å². The van der Waals surface area contributed by atoms with E-state index in [2.05, 4.69) is 142 Å². The van der Waals surface area contributed by atoms with E-state index in [-0.39, 0.29) is 5.92 Å². The zero-order valence-electron chi connectivity index (χ0n) is 30.2. The first kappa shape index (κ1) is 34.1. The van der Waals surface area contributed by atoms with Crippen molar-refractivity contribution in [1.29, 1.82) is 0 Å². The van der Waals surface area contributed by atoms with E-state index in [1.54, 1.807) is 5.56 Å². The van der Waals surface area contributed by atoms with Gasteiger partial charge in [0.25, 0.3) is 0 Å². The maximum atomic E-state index is 4.55. The molecule has 0 saturated carbocycles. The van der Waals surface area contributed by atoms with Crippen LogP contribution < -0.4 is 5.32 Å². The molecule has 3 aromatic carbocycles. The molecule has 1 N–H and O–H groups in total. The van der Waals surface area contributed by atoms with Crippen LogP contribution in [0.4, 0.5) is 5.69 Å². The number of fused-ring (bicyclic) bond motifs is 3. The van der Waals surface area contributed by atoms with Crippen molar-refractivity contribution in [3.05, 3.63) is 160 Å². The molecular formula is C48H51NS. The standard InChI is InChI=1S/C48H51NS/c1-32-15-6-7-17-33(2)40(23-12-16-32)35(4)30-45-44-31-39(43-24-13-19-37-18-8-9-22-42(37)43)26-27-47(44)50-48(45)36(5)38-20-14-28-49-46-25-11-10-21-41(46)34(3)29-38/h10-14,16,19-21,23-27,29-31,33,36,49H,1,3,6-9,15,17-18,22,28H2,2,4-5H3/b16-12-,20-14-,35-30+,38-29+,40-23+. The average Bonchev–Trinajstić information content (AvgIpc) is 3.52. The molecular weight excluding hydrogens is 623 g/mol. The lowest BCUT2D eigenvalue weighted by molar-refractivity contribution is 0.562. The third-order valence-corrected chi connectivity index (χ3v) is 12.4. The van der Waals surface area contributed by atoms with Crippen LogP contribution in [0.3, 0.4) is 0 Å². The van der Waals surface area contributed by atoms with Crippen molar-refractivity contribution in [3.8, 4) is 11.1 Å². The summed E-state index contributed by atoms with van der Waals surface area (Å²) in [5.41, 5.74) is 15.8. The van der Waals surface area contributed by atoms with E-state index in [0.717, 1.165) is 29.8 Å². The summed E-state index contributed by atoms with van der Waals surface area (Å²) in [7, 11) is 0. The topological polar surface area (TPSA) is 12.0 Å². The van der Waals surface area contributed by atoms with Crippen molar-refractivity contribution in [2.75, 3.05) is 11.9 Å². The fraction of sp³-hybridized carbons (Fsp3) is 0.292. The summed E-state index contributed by atoms with van der Waals surface area (Å²) in [6.45, 7) is 16.7. The minimum Gasteiger partial charge on any atom is -0.381 e. The molecule has 2 unspecified atom stereocenters. The number of benzene rings is 3. The quantitative estimate of drug-likeness (QED) is 0.222. The van der Waals surface area contributed by atoms with Crippen LogP contribution in [-0.4, -0.2) is 6.54 Å². The summed E-state index contributed by atoms with van der Waals surface area (Å²) in [6.07, 6.45) is 25.9. The molecule has 1 aromatic heterocycles. The Morgan fingerprint density at radius 1 is 0.920 bits per heavy atom. The number of anilines is 1. The van der Waals surface area contributed by atoms with Crippen molar-refractivity contribution in [3.63, 3.8) is 0 Å². The minimum absolute atomic E-state index is 0.191. The lowest BCUT2D eigenvalue weighted by atomic mass is 9.85. The van der Waals surface area contributed by atoms with Gasteiger partial charge in [-0.25, -0.2) is 0 Å². The first-order chi connectivity index (χ1) is 24.4. The highest BCUT2D eigenvalue weighted by Crippen LogP contribution is 2.44. The lowest BCUT2D eigenvalue weighted by Gasteiger charge is -2.20. The number of para-hydroxylation sites is 1. The highest BCUT2D eigenvalue weighted by Gasteiger charge is 2.22. The predicted octanol–water partition coefficient (Wildman–Crippen LogP) is 13.8. The third kappa shape index (κ3) is 7.23. The Kier molecular flexibility index (Phi) is 10.4. The summed E-state index contributed by atoms with van der Waals surface area (Å²) in [4.78, 5) is 1.41. The second kappa shape index (κ2) is 15.2. The Labute approximate surface area is 304 Å². The number of hydrogen-bond donors (Lipinski definition) is 1.